The quantitative estimate of drug-likeness (QED) is 0.666. The fraction of sp³-hybridized carbons (Fsp3) is 0.167. The fourth-order valence-electron chi connectivity index (χ4n) is 1.74. The second-order valence-corrected chi connectivity index (χ2v) is 5.12. The van der Waals surface area contributed by atoms with E-state index in [4.69, 9.17) is 5.26 Å². The van der Waals surface area contributed by atoms with Crippen LogP contribution >= 0.6 is 15.9 Å². The van der Waals surface area contributed by atoms with Gasteiger partial charge in [-0.05, 0) is 23.8 Å². The maximum atomic E-state index is 13.4. The minimum Gasteiger partial charge on any atom is -0.280 e. The van der Waals surface area contributed by atoms with Crippen molar-refractivity contribution in [3.8, 4) is 6.07 Å². The molecule has 0 radical (unpaired) electrons. The second kappa shape index (κ2) is 4.90. The lowest BCUT2D eigenvalue weighted by atomic mass is 9.93. The van der Waals surface area contributed by atoms with Crippen molar-refractivity contribution in [2.45, 2.75) is 10.5 Å². The number of halogens is 5. The Hall–Kier alpha value is -1.88. The average molecular weight is 348 g/mol. The van der Waals surface area contributed by atoms with Gasteiger partial charge < -0.3 is 0 Å². The van der Waals surface area contributed by atoms with Crippen LogP contribution in [0.15, 0.2) is 30.5 Å². The molecule has 1 unspecified atom stereocenters. The molecule has 8 heteroatoms. The Morgan fingerprint density at radius 1 is 1.25 bits per heavy atom. The summed E-state index contributed by atoms with van der Waals surface area (Å²) in [7, 11) is 0. The van der Waals surface area contributed by atoms with E-state index in [-0.39, 0.29) is 11.3 Å². The molecule has 20 heavy (non-hydrogen) atoms. The highest BCUT2D eigenvalue weighted by Crippen LogP contribution is 2.50. The van der Waals surface area contributed by atoms with Gasteiger partial charge in [-0.15, -0.1) is 0 Å². The molecule has 0 saturated carbocycles. The first kappa shape index (κ1) is 14.5. The highest BCUT2D eigenvalue weighted by molar-refractivity contribution is 9.09. The molecule has 0 aliphatic carbocycles. The summed E-state index contributed by atoms with van der Waals surface area (Å²) in [6, 6.07) is 5.32. The molecule has 2 aromatic rings. The summed E-state index contributed by atoms with van der Waals surface area (Å²) in [5.41, 5.74) is -1.04. The van der Waals surface area contributed by atoms with Crippen LogP contribution in [0.25, 0.3) is 0 Å². The lowest BCUT2D eigenvalue weighted by Crippen LogP contribution is -2.38. The summed E-state index contributed by atoms with van der Waals surface area (Å²) in [4.78, 5) is 0. The number of aromatic amines is 1. The molecular formula is C12H6BrF4N3. The zero-order valence-corrected chi connectivity index (χ0v) is 11.3. The van der Waals surface area contributed by atoms with E-state index in [0.29, 0.717) is 0 Å². The van der Waals surface area contributed by atoms with Crippen molar-refractivity contribution < 1.29 is 17.6 Å². The maximum Gasteiger partial charge on any atom is 0.413 e. The highest BCUT2D eigenvalue weighted by atomic mass is 79.9. The SMILES string of the molecule is N#Cc1cc(C(Br)(c2ccn[nH]2)C(F)(F)F)ccc1F. The predicted molar refractivity (Wildman–Crippen MR) is 65.5 cm³/mol. The molecule has 0 spiro atoms. The predicted octanol–water partition coefficient (Wildman–Crippen LogP) is 3.62. The first-order valence-electron chi connectivity index (χ1n) is 5.26. The molecule has 0 aliphatic rings. The minimum atomic E-state index is -4.72. The molecule has 2 rings (SSSR count). The number of nitrogens with zero attached hydrogens (tertiary/aromatic N) is 2. The van der Waals surface area contributed by atoms with E-state index in [1.54, 1.807) is 0 Å². The van der Waals surface area contributed by atoms with E-state index in [1.807, 2.05) is 0 Å². The van der Waals surface area contributed by atoms with Crippen molar-refractivity contribution in [3.05, 3.63) is 53.1 Å². The second-order valence-electron chi connectivity index (χ2n) is 3.93. The lowest BCUT2D eigenvalue weighted by molar-refractivity contribution is -0.150. The first-order chi connectivity index (χ1) is 9.30. The number of rotatable bonds is 2. The van der Waals surface area contributed by atoms with Crippen molar-refractivity contribution in [2.24, 2.45) is 0 Å². The van der Waals surface area contributed by atoms with Crippen LogP contribution in [0.3, 0.4) is 0 Å². The Labute approximate surface area is 119 Å². The number of nitriles is 1. The summed E-state index contributed by atoms with van der Waals surface area (Å²) in [5, 5.41) is 14.5. The van der Waals surface area contributed by atoms with Crippen molar-refractivity contribution in [1.82, 2.24) is 10.2 Å². The monoisotopic (exact) mass is 347 g/mol. The topological polar surface area (TPSA) is 52.5 Å². The maximum absolute atomic E-state index is 13.4. The van der Waals surface area contributed by atoms with Crippen LogP contribution < -0.4 is 0 Å². The van der Waals surface area contributed by atoms with Crippen molar-refractivity contribution in [1.29, 1.82) is 5.26 Å². The molecule has 1 aromatic carbocycles. The Morgan fingerprint density at radius 3 is 2.45 bits per heavy atom. The van der Waals surface area contributed by atoms with Gasteiger partial charge in [-0.1, -0.05) is 22.0 Å². The van der Waals surface area contributed by atoms with Gasteiger partial charge in [-0.3, -0.25) is 5.10 Å². The van der Waals surface area contributed by atoms with E-state index in [9.17, 15) is 17.6 Å². The van der Waals surface area contributed by atoms with Gasteiger partial charge in [0.05, 0.1) is 11.3 Å². The third-order valence-corrected chi connectivity index (χ3v) is 4.08. The Kier molecular flexibility index (Phi) is 3.56. The molecule has 0 fully saturated rings. The smallest absolute Gasteiger partial charge is 0.280 e. The summed E-state index contributed by atoms with van der Waals surface area (Å²) < 4.78 is 50.9. The normalized spacial score (nSPS) is 14.6. The Morgan fingerprint density at radius 2 is 1.95 bits per heavy atom. The number of alkyl halides is 4. The zero-order valence-electron chi connectivity index (χ0n) is 9.67. The van der Waals surface area contributed by atoms with E-state index in [2.05, 4.69) is 26.1 Å². The fourth-order valence-corrected chi connectivity index (χ4v) is 2.21. The zero-order chi connectivity index (χ0) is 15.0. The van der Waals surface area contributed by atoms with Crippen molar-refractivity contribution in [3.63, 3.8) is 0 Å². The molecule has 1 N–H and O–H groups in total. The van der Waals surface area contributed by atoms with E-state index < -0.39 is 21.9 Å². The highest BCUT2D eigenvalue weighted by Gasteiger charge is 2.56. The lowest BCUT2D eigenvalue weighted by Gasteiger charge is -2.29. The van der Waals surface area contributed by atoms with E-state index >= 15 is 0 Å². The third kappa shape index (κ3) is 2.18. The number of hydrogen-bond acceptors (Lipinski definition) is 2. The molecule has 3 nitrogen and oxygen atoms in total. The van der Waals surface area contributed by atoms with Gasteiger partial charge in [0.25, 0.3) is 0 Å². The van der Waals surface area contributed by atoms with Crippen molar-refractivity contribution >= 4 is 15.9 Å². The summed E-state index contributed by atoms with van der Waals surface area (Å²) >= 11 is 2.66. The number of H-pyrrole nitrogens is 1. The van der Waals surface area contributed by atoms with E-state index in [1.165, 1.54) is 12.3 Å². The van der Waals surface area contributed by atoms with Crippen LogP contribution in [0.1, 0.15) is 16.8 Å². The van der Waals surface area contributed by atoms with Gasteiger partial charge in [-0.25, -0.2) is 4.39 Å². The summed E-state index contributed by atoms with van der Waals surface area (Å²) in [6.07, 6.45) is -3.55. The molecule has 104 valence electrons. The van der Waals surface area contributed by atoms with Gasteiger partial charge in [0, 0.05) is 6.20 Å². The minimum absolute atomic E-state index is 0.263. The van der Waals surface area contributed by atoms with Crippen molar-refractivity contribution in [2.75, 3.05) is 0 Å². The number of nitrogens with one attached hydrogen (secondary N) is 1. The molecule has 0 bridgehead atoms. The molecule has 0 aliphatic heterocycles. The Balaban J connectivity index is 2.69. The molecule has 0 amide bonds. The van der Waals surface area contributed by atoms with Crippen LogP contribution in [0, 0.1) is 17.1 Å². The third-order valence-electron chi connectivity index (χ3n) is 2.75. The Bertz CT molecular complexity index is 660. The van der Waals surface area contributed by atoms with Crippen LogP contribution in [0.2, 0.25) is 0 Å². The van der Waals surface area contributed by atoms with Gasteiger partial charge in [0.2, 0.25) is 0 Å². The van der Waals surface area contributed by atoms with Gasteiger partial charge in [0.15, 0.2) is 4.32 Å². The molecular weight excluding hydrogens is 342 g/mol. The van der Waals surface area contributed by atoms with Crippen LogP contribution in [-0.4, -0.2) is 16.4 Å². The largest absolute Gasteiger partial charge is 0.413 e. The summed E-state index contributed by atoms with van der Waals surface area (Å²) in [6.45, 7) is 0. The average Bonchev–Trinajstić information content (AvgIpc) is 2.91. The van der Waals surface area contributed by atoms with Gasteiger partial charge in [0.1, 0.15) is 11.9 Å². The summed E-state index contributed by atoms with van der Waals surface area (Å²) in [5.74, 6) is -0.877. The van der Waals surface area contributed by atoms with Crippen LogP contribution in [0.4, 0.5) is 17.6 Å². The number of hydrogen-bond donors (Lipinski definition) is 1. The van der Waals surface area contributed by atoms with Crippen LogP contribution in [-0.2, 0) is 4.32 Å². The molecule has 1 atom stereocenters. The number of aromatic nitrogens is 2. The van der Waals surface area contributed by atoms with Crippen LogP contribution in [0.5, 0.6) is 0 Å². The van der Waals surface area contributed by atoms with Gasteiger partial charge in [-0.2, -0.15) is 23.5 Å². The number of benzene rings is 1. The standard InChI is InChI=1S/C12H6BrF4N3/c13-11(12(15,16)17,10-3-4-19-20-10)8-1-2-9(14)7(5-8)6-18/h1-5H,(H,19,20). The molecule has 0 saturated heterocycles. The van der Waals surface area contributed by atoms with E-state index in [0.717, 1.165) is 24.3 Å². The molecule has 1 aromatic heterocycles. The van der Waals surface area contributed by atoms with Gasteiger partial charge >= 0.3 is 6.18 Å². The molecule has 1 heterocycles. The first-order valence-corrected chi connectivity index (χ1v) is 6.05.